The van der Waals surface area contributed by atoms with Gasteiger partial charge in [-0.1, -0.05) is 99.5 Å². The number of benzene rings is 4. The molecule has 0 bridgehead atoms. The molecule has 9 heteroatoms. The number of halogens is 1. The summed E-state index contributed by atoms with van der Waals surface area (Å²) in [6.45, 7) is 3.54. The van der Waals surface area contributed by atoms with Crippen LogP contribution in [0.2, 0.25) is 0 Å². The number of nitrogens with zero attached hydrogens (tertiary/aromatic N) is 2. The molecule has 1 aliphatic carbocycles. The Balaban J connectivity index is 1.56. The van der Waals surface area contributed by atoms with E-state index in [1.807, 2.05) is 56.3 Å². The molecule has 0 saturated heterocycles. The summed E-state index contributed by atoms with van der Waals surface area (Å²) in [4.78, 5) is 30.2. The minimum Gasteiger partial charge on any atom is -0.352 e. The van der Waals surface area contributed by atoms with Gasteiger partial charge in [-0.2, -0.15) is 0 Å². The predicted octanol–water partition coefficient (Wildman–Crippen LogP) is 6.84. The number of carbonyl (C=O) groups is 2. The number of hydrogen-bond acceptors (Lipinski definition) is 4. The van der Waals surface area contributed by atoms with E-state index in [0.29, 0.717) is 11.3 Å². The Morgan fingerprint density at radius 3 is 2.00 bits per heavy atom. The summed E-state index contributed by atoms with van der Waals surface area (Å²) in [5, 5.41) is 3.16. The average Bonchev–Trinajstić information content (AvgIpc) is 3.60. The number of hydrogen-bond donors (Lipinski definition) is 1. The van der Waals surface area contributed by atoms with Crippen LogP contribution in [0.25, 0.3) is 0 Å². The van der Waals surface area contributed by atoms with Gasteiger partial charge < -0.3 is 10.2 Å². The summed E-state index contributed by atoms with van der Waals surface area (Å²) in [5.74, 6) is -1.04. The second kappa shape index (κ2) is 15.4. The Morgan fingerprint density at radius 2 is 1.40 bits per heavy atom. The molecule has 1 N–H and O–H groups in total. The summed E-state index contributed by atoms with van der Waals surface area (Å²) in [7, 11) is -4.18. The van der Waals surface area contributed by atoms with Crippen molar-refractivity contribution >= 4 is 27.5 Å². The predicted molar refractivity (Wildman–Crippen MR) is 183 cm³/mol. The third-order valence-corrected chi connectivity index (χ3v) is 10.5. The van der Waals surface area contributed by atoms with E-state index in [1.165, 1.54) is 29.2 Å². The quantitative estimate of drug-likeness (QED) is 0.171. The van der Waals surface area contributed by atoms with Gasteiger partial charge in [0.15, 0.2) is 0 Å². The molecule has 1 saturated carbocycles. The highest BCUT2D eigenvalue weighted by Crippen LogP contribution is 2.27. The lowest BCUT2D eigenvalue weighted by Gasteiger charge is -2.34. The van der Waals surface area contributed by atoms with Crippen LogP contribution in [0, 0.1) is 5.82 Å². The van der Waals surface area contributed by atoms with Crippen LogP contribution < -0.4 is 9.62 Å². The Kier molecular flexibility index (Phi) is 11.1. The SMILES string of the molecule is CC(C)c1ccc(N(CC(=O)N(Cc2ccc(F)cc2)[C@H](Cc2ccccc2)C(=O)NC2CCCC2)S(=O)(=O)c2ccccc2)cc1. The minimum atomic E-state index is -4.18. The Bertz CT molecular complexity index is 1730. The number of nitrogens with one attached hydrogen (secondary N) is 1. The normalized spacial score (nSPS) is 14.1. The number of amides is 2. The van der Waals surface area contributed by atoms with Crippen LogP contribution in [-0.2, 0) is 32.6 Å². The van der Waals surface area contributed by atoms with Gasteiger partial charge in [0.05, 0.1) is 10.6 Å². The number of sulfonamides is 1. The van der Waals surface area contributed by atoms with E-state index in [0.717, 1.165) is 41.1 Å². The third kappa shape index (κ3) is 8.65. The largest absolute Gasteiger partial charge is 0.352 e. The van der Waals surface area contributed by atoms with Crippen molar-refractivity contribution < 1.29 is 22.4 Å². The van der Waals surface area contributed by atoms with E-state index in [2.05, 4.69) is 5.32 Å². The second-order valence-electron chi connectivity index (χ2n) is 12.4. The van der Waals surface area contributed by atoms with Gasteiger partial charge in [0.2, 0.25) is 11.8 Å². The van der Waals surface area contributed by atoms with Crippen molar-refractivity contribution in [2.24, 2.45) is 0 Å². The van der Waals surface area contributed by atoms with E-state index in [1.54, 1.807) is 42.5 Å². The maximum atomic E-state index is 14.6. The average molecular weight is 656 g/mol. The van der Waals surface area contributed by atoms with Crippen LogP contribution in [0.1, 0.15) is 62.1 Å². The molecular formula is C38H42FN3O4S. The monoisotopic (exact) mass is 655 g/mol. The smallest absolute Gasteiger partial charge is 0.264 e. The lowest BCUT2D eigenvalue weighted by atomic mass is 10.0. The van der Waals surface area contributed by atoms with Crippen molar-refractivity contribution in [1.29, 1.82) is 0 Å². The first kappa shape index (κ1) is 33.9. The van der Waals surface area contributed by atoms with Crippen LogP contribution in [-0.4, -0.2) is 43.8 Å². The lowest BCUT2D eigenvalue weighted by Crippen LogP contribution is -2.54. The zero-order chi connectivity index (χ0) is 33.4. The van der Waals surface area contributed by atoms with Crippen molar-refractivity contribution in [2.45, 2.75) is 75.4 Å². The molecule has 4 aromatic rings. The zero-order valence-corrected chi connectivity index (χ0v) is 27.7. The van der Waals surface area contributed by atoms with Gasteiger partial charge in [-0.25, -0.2) is 12.8 Å². The summed E-state index contributed by atoms with van der Waals surface area (Å²) in [5.41, 5.74) is 2.84. The lowest BCUT2D eigenvalue weighted by molar-refractivity contribution is -0.140. The summed E-state index contributed by atoms with van der Waals surface area (Å²) in [6, 6.07) is 29.4. The van der Waals surface area contributed by atoms with Crippen molar-refractivity contribution in [1.82, 2.24) is 10.2 Å². The van der Waals surface area contributed by atoms with Gasteiger partial charge in [0.1, 0.15) is 18.4 Å². The first-order valence-electron chi connectivity index (χ1n) is 16.2. The molecule has 0 spiro atoms. The maximum absolute atomic E-state index is 14.6. The van der Waals surface area contributed by atoms with Crippen LogP contribution >= 0.6 is 0 Å². The molecule has 7 nitrogen and oxygen atoms in total. The van der Waals surface area contributed by atoms with Crippen LogP contribution in [0.15, 0.2) is 114 Å². The van der Waals surface area contributed by atoms with Gasteiger partial charge >= 0.3 is 0 Å². The molecule has 47 heavy (non-hydrogen) atoms. The molecule has 4 aromatic carbocycles. The summed E-state index contributed by atoms with van der Waals surface area (Å²) >= 11 is 0. The first-order chi connectivity index (χ1) is 22.6. The summed E-state index contributed by atoms with van der Waals surface area (Å²) < 4.78 is 43.3. The topological polar surface area (TPSA) is 86.8 Å². The van der Waals surface area contributed by atoms with Crippen molar-refractivity contribution in [3.8, 4) is 0 Å². The van der Waals surface area contributed by atoms with Gasteiger partial charge in [-0.05, 0) is 71.8 Å². The zero-order valence-electron chi connectivity index (χ0n) is 26.9. The second-order valence-corrected chi connectivity index (χ2v) is 14.3. The number of rotatable bonds is 13. The molecule has 0 aliphatic heterocycles. The molecule has 1 fully saturated rings. The van der Waals surface area contributed by atoms with Crippen molar-refractivity contribution in [3.05, 3.63) is 132 Å². The maximum Gasteiger partial charge on any atom is 0.264 e. The van der Waals surface area contributed by atoms with Gasteiger partial charge in [-0.15, -0.1) is 0 Å². The minimum absolute atomic E-state index is 0.0120. The Hall–Kier alpha value is -4.50. The fourth-order valence-corrected chi connectivity index (χ4v) is 7.42. The van der Waals surface area contributed by atoms with E-state index in [-0.39, 0.29) is 35.7 Å². The van der Waals surface area contributed by atoms with Gasteiger partial charge in [0.25, 0.3) is 10.0 Å². The molecule has 1 atom stereocenters. The highest BCUT2D eigenvalue weighted by atomic mass is 32.2. The van der Waals surface area contributed by atoms with E-state index in [4.69, 9.17) is 0 Å². The molecule has 0 radical (unpaired) electrons. The van der Waals surface area contributed by atoms with Crippen LogP contribution in [0.4, 0.5) is 10.1 Å². The molecule has 0 unspecified atom stereocenters. The molecular weight excluding hydrogens is 614 g/mol. The Labute approximate surface area is 277 Å². The standard InChI is InChI=1S/C38H42FN3O4S/c1-28(2)31-19-23-34(24-20-31)42(47(45,46)35-15-7-4-8-16-35)27-37(43)41(26-30-17-21-32(39)22-18-30)36(25-29-11-5-3-6-12-29)38(44)40-33-13-9-10-14-33/h3-8,11-12,15-24,28,33,36H,9-10,13-14,25-27H2,1-2H3,(H,40,44)/t36-/m1/s1. The van der Waals surface area contributed by atoms with Crippen molar-refractivity contribution in [3.63, 3.8) is 0 Å². The van der Waals surface area contributed by atoms with E-state index >= 15 is 0 Å². The van der Waals surface area contributed by atoms with Gasteiger partial charge in [0, 0.05) is 19.0 Å². The fourth-order valence-electron chi connectivity index (χ4n) is 5.98. The molecule has 0 aromatic heterocycles. The summed E-state index contributed by atoms with van der Waals surface area (Å²) in [6.07, 6.45) is 4.00. The van der Waals surface area contributed by atoms with E-state index < -0.39 is 34.3 Å². The molecule has 2 amide bonds. The first-order valence-corrected chi connectivity index (χ1v) is 17.6. The molecule has 246 valence electrons. The molecule has 0 heterocycles. The highest BCUT2D eigenvalue weighted by molar-refractivity contribution is 7.92. The van der Waals surface area contributed by atoms with Gasteiger partial charge in [-0.3, -0.25) is 13.9 Å². The Morgan fingerprint density at radius 1 is 0.809 bits per heavy atom. The number of carbonyl (C=O) groups excluding carboxylic acids is 2. The third-order valence-electron chi connectivity index (χ3n) is 8.70. The van der Waals surface area contributed by atoms with Crippen molar-refractivity contribution in [2.75, 3.05) is 10.8 Å². The molecule has 1 aliphatic rings. The van der Waals surface area contributed by atoms with Crippen LogP contribution in [0.3, 0.4) is 0 Å². The highest BCUT2D eigenvalue weighted by Gasteiger charge is 2.35. The number of anilines is 1. The van der Waals surface area contributed by atoms with E-state index in [9.17, 15) is 22.4 Å². The van der Waals surface area contributed by atoms with Crippen LogP contribution in [0.5, 0.6) is 0 Å². The fraction of sp³-hybridized carbons (Fsp3) is 0.316. The molecule has 5 rings (SSSR count).